The van der Waals surface area contributed by atoms with Crippen LogP contribution >= 0.6 is 0 Å². The summed E-state index contributed by atoms with van der Waals surface area (Å²) in [5, 5.41) is 19.3. The van der Waals surface area contributed by atoms with Crippen LogP contribution in [0.4, 0.5) is 5.69 Å². The van der Waals surface area contributed by atoms with E-state index in [-0.39, 0.29) is 31.2 Å². The summed E-state index contributed by atoms with van der Waals surface area (Å²) in [5.41, 5.74) is 5.98. The summed E-state index contributed by atoms with van der Waals surface area (Å²) in [7, 11) is 0. The summed E-state index contributed by atoms with van der Waals surface area (Å²) in [6, 6.07) is 4.60. The maximum Gasteiger partial charge on any atom is 0.311 e. The molecular formula is C10H14N2O4. The Morgan fingerprint density at radius 2 is 2.25 bits per heavy atom. The van der Waals surface area contributed by atoms with Crippen molar-refractivity contribution in [1.29, 1.82) is 0 Å². The van der Waals surface area contributed by atoms with E-state index in [0.717, 1.165) is 0 Å². The molecule has 0 aromatic heterocycles. The minimum atomic E-state index is -0.507. The van der Waals surface area contributed by atoms with Crippen molar-refractivity contribution in [3.8, 4) is 5.75 Å². The number of benzene rings is 1. The molecule has 1 aromatic carbocycles. The average molecular weight is 226 g/mol. The first-order valence-corrected chi connectivity index (χ1v) is 4.90. The normalized spacial score (nSPS) is 10.1. The Balaban J connectivity index is 2.85. The third kappa shape index (κ3) is 3.18. The van der Waals surface area contributed by atoms with E-state index in [1.807, 2.05) is 0 Å². The van der Waals surface area contributed by atoms with Crippen LogP contribution in [0.3, 0.4) is 0 Å². The summed E-state index contributed by atoms with van der Waals surface area (Å²) < 4.78 is 5.20. The zero-order chi connectivity index (χ0) is 12.0. The smallest absolute Gasteiger partial charge is 0.311 e. The predicted octanol–water partition coefficient (Wildman–Crippen LogP) is 0.815. The van der Waals surface area contributed by atoms with Crippen LogP contribution in [0.15, 0.2) is 18.2 Å². The molecule has 0 atom stereocenters. The average Bonchev–Trinajstić information content (AvgIpc) is 2.29. The quantitative estimate of drug-likeness (QED) is 0.425. The summed E-state index contributed by atoms with van der Waals surface area (Å²) in [5.74, 6) is 0.204. The van der Waals surface area contributed by atoms with Crippen LogP contribution in [-0.4, -0.2) is 23.2 Å². The molecule has 0 aliphatic heterocycles. The third-order valence-corrected chi connectivity index (χ3v) is 2.02. The van der Waals surface area contributed by atoms with E-state index in [4.69, 9.17) is 15.6 Å². The van der Waals surface area contributed by atoms with Gasteiger partial charge in [0.15, 0.2) is 5.75 Å². The first-order valence-electron chi connectivity index (χ1n) is 4.90. The van der Waals surface area contributed by atoms with Gasteiger partial charge in [-0.3, -0.25) is 10.1 Å². The second-order valence-electron chi connectivity index (χ2n) is 3.19. The third-order valence-electron chi connectivity index (χ3n) is 2.02. The maximum atomic E-state index is 10.8. The van der Waals surface area contributed by atoms with E-state index < -0.39 is 4.92 Å². The van der Waals surface area contributed by atoms with Gasteiger partial charge in [-0.15, -0.1) is 0 Å². The van der Waals surface area contributed by atoms with Crippen molar-refractivity contribution in [2.24, 2.45) is 5.73 Å². The lowest BCUT2D eigenvalue weighted by Gasteiger charge is -2.06. The number of ether oxygens (including phenoxy) is 1. The van der Waals surface area contributed by atoms with Crippen molar-refractivity contribution < 1.29 is 14.8 Å². The molecule has 1 aromatic rings. The number of aliphatic hydroxyl groups is 1. The van der Waals surface area contributed by atoms with Crippen molar-refractivity contribution in [3.63, 3.8) is 0 Å². The van der Waals surface area contributed by atoms with Crippen LogP contribution in [-0.2, 0) is 6.54 Å². The van der Waals surface area contributed by atoms with Crippen molar-refractivity contribution >= 4 is 5.69 Å². The number of rotatable bonds is 6. The molecular weight excluding hydrogens is 212 g/mol. The van der Waals surface area contributed by atoms with E-state index in [9.17, 15) is 10.1 Å². The highest BCUT2D eigenvalue weighted by atomic mass is 16.6. The van der Waals surface area contributed by atoms with Gasteiger partial charge in [0.2, 0.25) is 0 Å². The number of nitro groups is 1. The molecule has 0 aliphatic carbocycles. The molecule has 3 N–H and O–H groups in total. The summed E-state index contributed by atoms with van der Waals surface area (Å²) in [6.45, 7) is 0.492. The molecule has 16 heavy (non-hydrogen) atoms. The number of aliphatic hydroxyl groups excluding tert-OH is 1. The van der Waals surface area contributed by atoms with E-state index >= 15 is 0 Å². The fraction of sp³-hybridized carbons (Fsp3) is 0.400. The first-order chi connectivity index (χ1) is 7.69. The largest absolute Gasteiger partial charge is 0.487 e. The van der Waals surface area contributed by atoms with Crippen LogP contribution in [0.5, 0.6) is 5.75 Å². The first kappa shape index (κ1) is 12.4. The number of nitrogens with two attached hydrogens (primary N) is 1. The monoisotopic (exact) mass is 226 g/mol. The topological polar surface area (TPSA) is 98.6 Å². The molecule has 0 aliphatic rings. The zero-order valence-electron chi connectivity index (χ0n) is 8.76. The van der Waals surface area contributed by atoms with Gasteiger partial charge in [-0.25, -0.2) is 0 Å². The Bertz CT molecular complexity index is 368. The lowest BCUT2D eigenvalue weighted by atomic mass is 10.2. The number of hydrogen-bond donors (Lipinski definition) is 2. The second-order valence-corrected chi connectivity index (χ2v) is 3.19. The highest BCUT2D eigenvalue weighted by molar-refractivity contribution is 5.48. The van der Waals surface area contributed by atoms with Gasteiger partial charge in [-0.2, -0.15) is 0 Å². The van der Waals surface area contributed by atoms with E-state index in [1.165, 1.54) is 12.1 Å². The highest BCUT2D eigenvalue weighted by Crippen LogP contribution is 2.27. The molecule has 6 nitrogen and oxygen atoms in total. The van der Waals surface area contributed by atoms with Crippen LogP contribution in [0.1, 0.15) is 12.0 Å². The minimum Gasteiger partial charge on any atom is -0.487 e. The summed E-state index contributed by atoms with van der Waals surface area (Å²) in [4.78, 5) is 10.3. The Hall–Kier alpha value is -1.66. The molecule has 1 rings (SSSR count). The molecule has 0 bridgehead atoms. The molecule has 0 fully saturated rings. The Kier molecular flexibility index (Phi) is 4.68. The maximum absolute atomic E-state index is 10.8. The lowest BCUT2D eigenvalue weighted by Crippen LogP contribution is -2.04. The van der Waals surface area contributed by atoms with E-state index in [0.29, 0.717) is 12.0 Å². The fourth-order valence-corrected chi connectivity index (χ4v) is 1.20. The van der Waals surface area contributed by atoms with E-state index in [1.54, 1.807) is 6.07 Å². The van der Waals surface area contributed by atoms with Gasteiger partial charge in [0.05, 0.1) is 11.5 Å². The van der Waals surface area contributed by atoms with Crippen LogP contribution < -0.4 is 10.5 Å². The van der Waals surface area contributed by atoms with Crippen molar-refractivity contribution in [3.05, 3.63) is 33.9 Å². The van der Waals surface area contributed by atoms with Crippen molar-refractivity contribution in [2.75, 3.05) is 13.2 Å². The summed E-state index contributed by atoms with van der Waals surface area (Å²) in [6.07, 6.45) is 0.440. The second kappa shape index (κ2) is 6.04. The van der Waals surface area contributed by atoms with Gasteiger partial charge in [0.25, 0.3) is 0 Å². The van der Waals surface area contributed by atoms with Crippen LogP contribution in [0.2, 0.25) is 0 Å². The Morgan fingerprint density at radius 3 is 2.81 bits per heavy atom. The minimum absolute atomic E-state index is 0.00528. The number of hydrogen-bond acceptors (Lipinski definition) is 5. The molecule has 0 amide bonds. The van der Waals surface area contributed by atoms with Gasteiger partial charge < -0.3 is 15.6 Å². The Morgan fingerprint density at radius 1 is 1.50 bits per heavy atom. The molecule has 88 valence electrons. The molecule has 0 heterocycles. The van der Waals surface area contributed by atoms with Gasteiger partial charge in [-0.05, 0) is 11.6 Å². The predicted molar refractivity (Wildman–Crippen MR) is 58.2 cm³/mol. The fourth-order valence-electron chi connectivity index (χ4n) is 1.20. The molecule has 0 unspecified atom stereocenters. The van der Waals surface area contributed by atoms with Crippen molar-refractivity contribution in [2.45, 2.75) is 13.0 Å². The highest BCUT2D eigenvalue weighted by Gasteiger charge is 2.15. The summed E-state index contributed by atoms with van der Waals surface area (Å²) >= 11 is 0. The van der Waals surface area contributed by atoms with Gasteiger partial charge in [0, 0.05) is 25.6 Å². The Labute approximate surface area is 92.8 Å². The number of nitrogens with zero attached hydrogens (tertiary/aromatic N) is 1. The number of nitro benzene ring substituents is 1. The standard InChI is InChI=1S/C10H14N2O4/c11-7-8-2-3-10(16-5-1-4-13)9(6-8)12(14)15/h2-3,6,13H,1,4-5,7,11H2. The molecule has 6 heteroatoms. The van der Waals surface area contributed by atoms with Gasteiger partial charge in [0.1, 0.15) is 0 Å². The molecule has 0 radical (unpaired) electrons. The van der Waals surface area contributed by atoms with Gasteiger partial charge >= 0.3 is 5.69 Å². The van der Waals surface area contributed by atoms with Gasteiger partial charge in [-0.1, -0.05) is 6.07 Å². The molecule has 0 saturated heterocycles. The van der Waals surface area contributed by atoms with Crippen LogP contribution in [0, 0.1) is 10.1 Å². The van der Waals surface area contributed by atoms with Crippen LogP contribution in [0.25, 0.3) is 0 Å². The SMILES string of the molecule is NCc1ccc(OCCCO)c([N+](=O)[O-])c1. The van der Waals surface area contributed by atoms with E-state index in [2.05, 4.69) is 0 Å². The molecule has 0 saturated carbocycles. The zero-order valence-corrected chi connectivity index (χ0v) is 8.76. The lowest BCUT2D eigenvalue weighted by molar-refractivity contribution is -0.385. The molecule has 0 spiro atoms. The van der Waals surface area contributed by atoms with Crippen molar-refractivity contribution in [1.82, 2.24) is 0 Å².